The van der Waals surface area contributed by atoms with Crippen LogP contribution in [0.5, 0.6) is 0 Å². The number of hydrogen-bond acceptors (Lipinski definition) is 2. The quantitative estimate of drug-likeness (QED) is 0.299. The van der Waals surface area contributed by atoms with Gasteiger partial charge in [-0.2, -0.15) is 0 Å². The second-order valence-corrected chi connectivity index (χ2v) is 8.17. The van der Waals surface area contributed by atoms with Gasteiger partial charge in [0.15, 0.2) is 5.78 Å². The molecule has 0 aliphatic carbocycles. The van der Waals surface area contributed by atoms with Gasteiger partial charge in [-0.3, -0.25) is 4.79 Å². The lowest BCUT2D eigenvalue weighted by atomic mass is 10.0. The third-order valence-corrected chi connectivity index (χ3v) is 6.39. The fourth-order valence-corrected chi connectivity index (χ4v) is 4.36. The lowest BCUT2D eigenvalue weighted by Gasteiger charge is -2.18. The van der Waals surface area contributed by atoms with E-state index in [9.17, 15) is 4.79 Å². The highest BCUT2D eigenvalue weighted by Crippen LogP contribution is 2.43. The standard InChI is InChI=1S/C21H15Cl3OS/c22-16-11-9-15(10-12-16)20(13-18(25)14-5-2-1-3-6-14)26-19-8-4-7-17(23)21(19)24/h1-12,20H,13H2/t20-/m1/s1. The Bertz CT molecular complexity index is 895. The third-order valence-electron chi connectivity index (χ3n) is 3.89. The van der Waals surface area contributed by atoms with E-state index in [0.717, 1.165) is 10.5 Å². The number of Topliss-reactive ketones (excluding diaryl/α,β-unsaturated/α-hetero) is 1. The van der Waals surface area contributed by atoms with Crippen LogP contribution >= 0.6 is 46.6 Å². The number of rotatable bonds is 6. The summed E-state index contributed by atoms with van der Waals surface area (Å²) in [5.74, 6) is 0.0798. The highest BCUT2D eigenvalue weighted by atomic mass is 35.5. The van der Waals surface area contributed by atoms with Crippen LogP contribution in [0.25, 0.3) is 0 Å². The molecule has 3 aromatic carbocycles. The summed E-state index contributed by atoms with van der Waals surface area (Å²) in [5, 5.41) is 1.56. The van der Waals surface area contributed by atoms with Gasteiger partial charge in [0.1, 0.15) is 0 Å². The van der Waals surface area contributed by atoms with Crippen LogP contribution in [0, 0.1) is 0 Å². The Morgan fingerprint density at radius 1 is 0.846 bits per heavy atom. The predicted octanol–water partition coefficient (Wildman–Crippen LogP) is 7.75. The smallest absolute Gasteiger partial charge is 0.164 e. The van der Waals surface area contributed by atoms with E-state index in [1.807, 2.05) is 66.7 Å². The Morgan fingerprint density at radius 3 is 2.23 bits per heavy atom. The number of carbonyl (C=O) groups is 1. The summed E-state index contributed by atoms with van der Waals surface area (Å²) >= 11 is 20.0. The number of carbonyl (C=O) groups excluding carboxylic acids is 1. The normalized spacial score (nSPS) is 12.0. The molecule has 1 atom stereocenters. The first kappa shape index (κ1) is 19.3. The Kier molecular flexibility index (Phi) is 6.66. The second-order valence-electron chi connectivity index (χ2n) is 5.70. The highest BCUT2D eigenvalue weighted by molar-refractivity contribution is 7.99. The van der Waals surface area contributed by atoms with E-state index in [4.69, 9.17) is 34.8 Å². The maximum absolute atomic E-state index is 12.7. The number of halogens is 3. The summed E-state index contributed by atoms with van der Waals surface area (Å²) in [6.07, 6.45) is 0.346. The van der Waals surface area contributed by atoms with Crippen LogP contribution in [-0.2, 0) is 0 Å². The molecule has 26 heavy (non-hydrogen) atoms. The van der Waals surface area contributed by atoms with Crippen LogP contribution in [0.2, 0.25) is 15.1 Å². The van der Waals surface area contributed by atoms with E-state index >= 15 is 0 Å². The van der Waals surface area contributed by atoms with Gasteiger partial charge < -0.3 is 0 Å². The van der Waals surface area contributed by atoms with Gasteiger partial charge in [0.05, 0.1) is 10.0 Å². The van der Waals surface area contributed by atoms with Crippen molar-refractivity contribution in [3.05, 3.63) is 99.0 Å². The molecule has 0 radical (unpaired) electrons. The molecule has 0 bridgehead atoms. The first-order valence-corrected chi connectivity index (χ1v) is 10.0. The third kappa shape index (κ3) is 4.83. The fraction of sp³-hybridized carbons (Fsp3) is 0.0952. The van der Waals surface area contributed by atoms with Crippen LogP contribution in [0.15, 0.2) is 77.7 Å². The molecule has 5 heteroatoms. The molecule has 3 aromatic rings. The fourth-order valence-electron chi connectivity index (χ4n) is 2.54. The van der Waals surface area contributed by atoms with Gasteiger partial charge in [0.2, 0.25) is 0 Å². The Balaban J connectivity index is 1.90. The van der Waals surface area contributed by atoms with Gasteiger partial charge >= 0.3 is 0 Å². The van der Waals surface area contributed by atoms with Crippen molar-refractivity contribution in [3.8, 4) is 0 Å². The molecule has 0 amide bonds. The maximum Gasteiger partial charge on any atom is 0.164 e. The maximum atomic E-state index is 12.7. The first-order chi connectivity index (χ1) is 12.5. The lowest BCUT2D eigenvalue weighted by molar-refractivity contribution is 0.0982. The zero-order chi connectivity index (χ0) is 18.5. The van der Waals surface area contributed by atoms with Crippen LogP contribution < -0.4 is 0 Å². The zero-order valence-electron chi connectivity index (χ0n) is 13.7. The molecular formula is C21H15Cl3OS. The summed E-state index contributed by atoms with van der Waals surface area (Å²) in [6.45, 7) is 0. The summed E-state index contributed by atoms with van der Waals surface area (Å²) < 4.78 is 0. The molecule has 0 saturated carbocycles. The van der Waals surface area contributed by atoms with E-state index < -0.39 is 0 Å². The van der Waals surface area contributed by atoms with Gasteiger partial charge in [-0.05, 0) is 29.8 Å². The molecule has 0 saturated heterocycles. The minimum atomic E-state index is -0.101. The average Bonchev–Trinajstić information content (AvgIpc) is 2.66. The summed E-state index contributed by atoms with van der Waals surface area (Å²) in [5.41, 5.74) is 1.71. The van der Waals surface area contributed by atoms with Crippen molar-refractivity contribution in [2.24, 2.45) is 0 Å². The molecule has 0 fully saturated rings. The molecule has 0 heterocycles. The molecular weight excluding hydrogens is 407 g/mol. The number of thioether (sulfide) groups is 1. The molecule has 0 aliphatic rings. The molecule has 0 spiro atoms. The Hall–Kier alpha value is -1.45. The SMILES string of the molecule is O=C(C[C@@H](Sc1cccc(Cl)c1Cl)c1ccc(Cl)cc1)c1ccccc1. The van der Waals surface area contributed by atoms with Crippen LogP contribution in [0.1, 0.15) is 27.6 Å². The molecule has 0 aliphatic heterocycles. The number of hydrogen-bond donors (Lipinski definition) is 0. The summed E-state index contributed by atoms with van der Waals surface area (Å²) in [4.78, 5) is 13.6. The van der Waals surface area contributed by atoms with Crippen LogP contribution in [0.4, 0.5) is 0 Å². The molecule has 0 aromatic heterocycles. The van der Waals surface area contributed by atoms with Gasteiger partial charge in [-0.25, -0.2) is 0 Å². The van der Waals surface area contributed by atoms with Gasteiger partial charge in [0, 0.05) is 27.2 Å². The van der Waals surface area contributed by atoms with Crippen molar-refractivity contribution < 1.29 is 4.79 Å². The van der Waals surface area contributed by atoms with E-state index in [0.29, 0.717) is 27.1 Å². The largest absolute Gasteiger partial charge is 0.294 e. The van der Waals surface area contributed by atoms with E-state index in [1.165, 1.54) is 11.8 Å². The van der Waals surface area contributed by atoms with Crippen molar-refractivity contribution in [3.63, 3.8) is 0 Å². The van der Waals surface area contributed by atoms with Crippen molar-refractivity contribution in [2.45, 2.75) is 16.6 Å². The number of ketones is 1. The molecule has 132 valence electrons. The zero-order valence-corrected chi connectivity index (χ0v) is 16.7. The van der Waals surface area contributed by atoms with Crippen molar-refractivity contribution in [2.75, 3.05) is 0 Å². The van der Waals surface area contributed by atoms with Crippen molar-refractivity contribution >= 4 is 52.3 Å². The molecule has 1 nitrogen and oxygen atoms in total. The molecule has 3 rings (SSSR count). The lowest BCUT2D eigenvalue weighted by Crippen LogP contribution is -2.05. The summed E-state index contributed by atoms with van der Waals surface area (Å²) in [6, 6.07) is 22.4. The van der Waals surface area contributed by atoms with Gasteiger partial charge in [-0.1, -0.05) is 83.3 Å². The first-order valence-electron chi connectivity index (χ1n) is 7.99. The summed E-state index contributed by atoms with van der Waals surface area (Å²) in [7, 11) is 0. The van der Waals surface area contributed by atoms with Gasteiger partial charge in [-0.15, -0.1) is 11.8 Å². The van der Waals surface area contributed by atoms with E-state index in [2.05, 4.69) is 0 Å². The monoisotopic (exact) mass is 420 g/mol. The van der Waals surface area contributed by atoms with Gasteiger partial charge in [0.25, 0.3) is 0 Å². The molecule has 0 N–H and O–H groups in total. The van der Waals surface area contributed by atoms with E-state index in [-0.39, 0.29) is 11.0 Å². The highest BCUT2D eigenvalue weighted by Gasteiger charge is 2.20. The Morgan fingerprint density at radius 2 is 1.54 bits per heavy atom. The van der Waals surface area contributed by atoms with Crippen molar-refractivity contribution in [1.29, 1.82) is 0 Å². The van der Waals surface area contributed by atoms with Crippen molar-refractivity contribution in [1.82, 2.24) is 0 Å². The second kappa shape index (κ2) is 8.96. The minimum absolute atomic E-state index is 0.0798. The number of benzene rings is 3. The minimum Gasteiger partial charge on any atom is -0.294 e. The van der Waals surface area contributed by atoms with Crippen LogP contribution in [-0.4, -0.2) is 5.78 Å². The van der Waals surface area contributed by atoms with E-state index in [1.54, 1.807) is 6.07 Å². The topological polar surface area (TPSA) is 17.1 Å². The van der Waals surface area contributed by atoms with Crippen LogP contribution in [0.3, 0.4) is 0 Å². The average molecular weight is 422 g/mol. The Labute approximate surface area is 172 Å². The molecule has 0 unspecified atom stereocenters. The predicted molar refractivity (Wildman–Crippen MR) is 112 cm³/mol.